The van der Waals surface area contributed by atoms with Crippen LogP contribution in [-0.4, -0.2) is 53.9 Å². The van der Waals surface area contributed by atoms with Gasteiger partial charge in [0, 0.05) is 36.8 Å². The first kappa shape index (κ1) is 19.3. The zero-order valence-electron chi connectivity index (χ0n) is 15.6. The molecule has 0 aliphatic carbocycles. The Bertz CT molecular complexity index is 730. The first-order valence-corrected chi connectivity index (χ1v) is 9.51. The molecule has 2 heterocycles. The lowest BCUT2D eigenvalue weighted by atomic mass is 9.96. The molecule has 3 rings (SSSR count). The van der Waals surface area contributed by atoms with E-state index in [1.807, 2.05) is 0 Å². The Kier molecular flexibility index (Phi) is 6.05. The number of nitro benzene ring substituents is 1. The van der Waals surface area contributed by atoms with Crippen molar-refractivity contribution in [3.63, 3.8) is 0 Å². The van der Waals surface area contributed by atoms with Gasteiger partial charge in [-0.25, -0.2) is 0 Å². The van der Waals surface area contributed by atoms with Crippen LogP contribution in [-0.2, 0) is 4.79 Å². The molecule has 0 bridgehead atoms. The number of hydrogen-bond donors (Lipinski definition) is 2. The number of benzene rings is 1. The molecule has 1 aromatic carbocycles. The molecule has 2 amide bonds. The predicted molar refractivity (Wildman–Crippen MR) is 100 cm³/mol. The monoisotopic (exact) mass is 374 g/mol. The largest absolute Gasteiger partial charge is 0.354 e. The number of nitrogens with zero attached hydrogens (tertiary/aromatic N) is 2. The van der Waals surface area contributed by atoms with Crippen molar-refractivity contribution in [2.75, 3.05) is 26.2 Å². The number of likely N-dealkylation sites (tertiary alicyclic amines) is 1. The van der Waals surface area contributed by atoms with Crippen molar-refractivity contribution < 1.29 is 14.5 Å². The highest BCUT2D eigenvalue weighted by atomic mass is 16.6. The number of hydrogen-bond acceptors (Lipinski definition) is 5. The lowest BCUT2D eigenvalue weighted by molar-refractivity contribution is -0.385. The van der Waals surface area contributed by atoms with Gasteiger partial charge in [0.15, 0.2) is 0 Å². The van der Waals surface area contributed by atoms with Gasteiger partial charge in [-0.3, -0.25) is 19.7 Å². The Morgan fingerprint density at radius 1 is 1.33 bits per heavy atom. The summed E-state index contributed by atoms with van der Waals surface area (Å²) < 4.78 is 0. The van der Waals surface area contributed by atoms with Crippen molar-refractivity contribution in [3.8, 4) is 0 Å². The van der Waals surface area contributed by atoms with Gasteiger partial charge < -0.3 is 15.5 Å². The number of amides is 2. The van der Waals surface area contributed by atoms with Crippen molar-refractivity contribution in [2.45, 2.75) is 38.6 Å². The number of nitro groups is 1. The topological polar surface area (TPSA) is 105 Å². The smallest absolute Gasteiger partial charge is 0.273 e. The van der Waals surface area contributed by atoms with Crippen LogP contribution < -0.4 is 10.6 Å². The van der Waals surface area contributed by atoms with E-state index in [1.54, 1.807) is 24.0 Å². The SMILES string of the molecule is Cc1c(C(=O)N2CCCC(CNC(=O)C3CCCN3)C2)cccc1[N+](=O)[O-]. The zero-order valence-corrected chi connectivity index (χ0v) is 15.6. The molecule has 8 nitrogen and oxygen atoms in total. The molecule has 0 saturated carbocycles. The zero-order chi connectivity index (χ0) is 19.4. The first-order chi connectivity index (χ1) is 13.0. The Morgan fingerprint density at radius 3 is 2.85 bits per heavy atom. The third-order valence-electron chi connectivity index (χ3n) is 5.48. The number of carbonyl (C=O) groups is 2. The quantitative estimate of drug-likeness (QED) is 0.602. The van der Waals surface area contributed by atoms with Gasteiger partial charge in [-0.1, -0.05) is 6.07 Å². The van der Waals surface area contributed by atoms with E-state index in [0.717, 1.165) is 32.2 Å². The van der Waals surface area contributed by atoms with Crippen molar-refractivity contribution in [2.24, 2.45) is 5.92 Å². The van der Waals surface area contributed by atoms with Crippen LogP contribution in [0.25, 0.3) is 0 Å². The lowest BCUT2D eigenvalue weighted by Gasteiger charge is -2.33. The van der Waals surface area contributed by atoms with Gasteiger partial charge in [0.25, 0.3) is 11.6 Å². The number of nitrogens with one attached hydrogen (secondary N) is 2. The number of carbonyl (C=O) groups excluding carboxylic acids is 2. The van der Waals surface area contributed by atoms with Gasteiger partial charge in [0.2, 0.25) is 5.91 Å². The van der Waals surface area contributed by atoms with E-state index in [9.17, 15) is 19.7 Å². The van der Waals surface area contributed by atoms with Crippen LogP contribution in [0.2, 0.25) is 0 Å². The molecule has 27 heavy (non-hydrogen) atoms. The highest BCUT2D eigenvalue weighted by molar-refractivity contribution is 5.96. The van der Waals surface area contributed by atoms with E-state index >= 15 is 0 Å². The minimum atomic E-state index is -0.461. The predicted octanol–water partition coefficient (Wildman–Crippen LogP) is 1.62. The molecule has 2 aliphatic heterocycles. The molecule has 146 valence electrons. The third kappa shape index (κ3) is 4.44. The second-order valence-electron chi connectivity index (χ2n) is 7.36. The van der Waals surface area contributed by atoms with Gasteiger partial charge >= 0.3 is 0 Å². The van der Waals surface area contributed by atoms with Crippen LogP contribution in [0.4, 0.5) is 5.69 Å². The van der Waals surface area contributed by atoms with Gasteiger partial charge in [-0.15, -0.1) is 0 Å². The molecule has 0 spiro atoms. The minimum absolute atomic E-state index is 0.0329. The fourth-order valence-electron chi connectivity index (χ4n) is 3.92. The average molecular weight is 374 g/mol. The Balaban J connectivity index is 1.60. The second kappa shape index (κ2) is 8.47. The summed E-state index contributed by atoms with van der Waals surface area (Å²) in [6.07, 6.45) is 3.71. The molecule has 0 radical (unpaired) electrons. The number of piperidine rings is 1. The molecule has 8 heteroatoms. The van der Waals surface area contributed by atoms with Crippen molar-refractivity contribution in [1.82, 2.24) is 15.5 Å². The summed E-state index contributed by atoms with van der Waals surface area (Å²) in [5, 5.41) is 17.3. The Labute approximate surface area is 158 Å². The summed E-state index contributed by atoms with van der Waals surface area (Å²) in [5.74, 6) is 0.0576. The van der Waals surface area contributed by atoms with Gasteiger partial charge in [-0.2, -0.15) is 0 Å². The van der Waals surface area contributed by atoms with E-state index in [0.29, 0.717) is 30.8 Å². The molecule has 2 saturated heterocycles. The average Bonchev–Trinajstić information content (AvgIpc) is 3.20. The van der Waals surface area contributed by atoms with Crippen LogP contribution in [0.15, 0.2) is 18.2 Å². The second-order valence-corrected chi connectivity index (χ2v) is 7.36. The summed E-state index contributed by atoms with van der Waals surface area (Å²) >= 11 is 0. The van der Waals surface area contributed by atoms with Gasteiger partial charge in [0.1, 0.15) is 0 Å². The maximum atomic E-state index is 12.9. The normalized spacial score (nSPS) is 22.5. The molecule has 2 fully saturated rings. The summed E-state index contributed by atoms with van der Waals surface area (Å²) in [4.78, 5) is 37.5. The van der Waals surface area contributed by atoms with Crippen LogP contribution in [0.5, 0.6) is 0 Å². The third-order valence-corrected chi connectivity index (χ3v) is 5.48. The molecule has 2 unspecified atom stereocenters. The van der Waals surface area contributed by atoms with Crippen molar-refractivity contribution in [3.05, 3.63) is 39.4 Å². The van der Waals surface area contributed by atoms with E-state index < -0.39 is 4.92 Å². The van der Waals surface area contributed by atoms with Crippen molar-refractivity contribution in [1.29, 1.82) is 0 Å². The van der Waals surface area contributed by atoms with Crippen LogP contribution in [0.1, 0.15) is 41.6 Å². The molecule has 0 aromatic heterocycles. The van der Waals surface area contributed by atoms with Crippen LogP contribution in [0.3, 0.4) is 0 Å². The Hall–Kier alpha value is -2.48. The van der Waals surface area contributed by atoms with E-state index in [1.165, 1.54) is 6.07 Å². The summed E-state index contributed by atoms with van der Waals surface area (Å²) in [6, 6.07) is 4.51. The molecule has 2 atom stereocenters. The highest BCUT2D eigenvalue weighted by Crippen LogP contribution is 2.24. The fraction of sp³-hybridized carbons (Fsp3) is 0.579. The van der Waals surface area contributed by atoms with Crippen LogP contribution in [0, 0.1) is 23.0 Å². The summed E-state index contributed by atoms with van der Waals surface area (Å²) in [5.41, 5.74) is 0.741. The van der Waals surface area contributed by atoms with Gasteiger partial charge in [0.05, 0.1) is 11.0 Å². The maximum Gasteiger partial charge on any atom is 0.273 e. The molecule has 1 aromatic rings. The molecule has 2 N–H and O–H groups in total. The lowest BCUT2D eigenvalue weighted by Crippen LogP contribution is -2.46. The first-order valence-electron chi connectivity index (χ1n) is 9.51. The molecule has 2 aliphatic rings. The Morgan fingerprint density at radius 2 is 2.15 bits per heavy atom. The summed E-state index contributed by atoms with van der Waals surface area (Å²) in [6.45, 7) is 4.23. The maximum absolute atomic E-state index is 12.9. The van der Waals surface area contributed by atoms with Crippen molar-refractivity contribution >= 4 is 17.5 Å². The van der Waals surface area contributed by atoms with Gasteiger partial charge in [-0.05, 0) is 51.1 Å². The van der Waals surface area contributed by atoms with E-state index in [-0.39, 0.29) is 29.5 Å². The standard InChI is InChI=1S/C19H26N4O4/c1-13-15(6-2-8-17(13)23(26)27)19(25)22-10-4-5-14(12-22)11-21-18(24)16-7-3-9-20-16/h2,6,8,14,16,20H,3-5,7,9-12H2,1H3,(H,21,24). The number of rotatable bonds is 5. The molecular formula is C19H26N4O4. The highest BCUT2D eigenvalue weighted by Gasteiger charge is 2.28. The summed E-state index contributed by atoms with van der Waals surface area (Å²) in [7, 11) is 0. The van der Waals surface area contributed by atoms with E-state index in [4.69, 9.17) is 0 Å². The van der Waals surface area contributed by atoms with E-state index in [2.05, 4.69) is 10.6 Å². The van der Waals surface area contributed by atoms with Crippen LogP contribution >= 0.6 is 0 Å². The fourth-order valence-corrected chi connectivity index (χ4v) is 3.92. The minimum Gasteiger partial charge on any atom is -0.354 e. The molecular weight excluding hydrogens is 348 g/mol.